The lowest BCUT2D eigenvalue weighted by Crippen LogP contribution is -2.46. The normalized spacial score (nSPS) is 15.7. The summed E-state index contributed by atoms with van der Waals surface area (Å²) in [4.78, 5) is 33.6. The molecule has 0 radical (unpaired) electrons. The number of nitrogens with one attached hydrogen (secondary N) is 2. The van der Waals surface area contributed by atoms with Gasteiger partial charge in [-0.1, -0.05) is 39.4 Å². The summed E-state index contributed by atoms with van der Waals surface area (Å²) in [6, 6.07) is 9.97. The molecule has 1 aliphatic rings. The number of alkyl halides is 3. The number of carbonyl (C=O) groups is 1. The molecule has 1 amide bonds. The van der Waals surface area contributed by atoms with Crippen molar-refractivity contribution < 1.29 is 18.0 Å². The number of benzene rings is 2. The molecule has 0 bridgehead atoms. The number of anilines is 1. The molecule has 0 aliphatic carbocycles. The van der Waals surface area contributed by atoms with Crippen LogP contribution in [0, 0.1) is 6.92 Å². The monoisotopic (exact) mass is 641 g/mol. The maximum Gasteiger partial charge on any atom is 0.417 e. The number of aryl methyl sites for hydroxylation is 1. The van der Waals surface area contributed by atoms with Gasteiger partial charge < -0.3 is 10.2 Å². The number of carbonyl (C=O) groups excluding carboxylic acids is 1. The third-order valence-corrected chi connectivity index (χ3v) is 7.93. The van der Waals surface area contributed by atoms with Crippen LogP contribution >= 0.6 is 15.9 Å². The van der Waals surface area contributed by atoms with Crippen molar-refractivity contribution in [1.82, 2.24) is 29.9 Å². The SMILES string of the molecule is C=CC(C)Nc1nc2c(c(=O)n1-c1ccc(-c3[nH]nnc3C)cc1)C[C@@H](C)N(C(=O)c1ccc(Br)c(C(F)(F)F)c1)C2. The Bertz CT molecular complexity index is 1730. The molecule has 0 saturated carbocycles. The number of nitrogens with zero attached hydrogens (tertiary/aromatic N) is 5. The number of rotatable bonds is 6. The van der Waals surface area contributed by atoms with Crippen LogP contribution in [-0.4, -0.2) is 47.9 Å². The van der Waals surface area contributed by atoms with Crippen molar-refractivity contribution in [3.8, 4) is 16.9 Å². The molecule has 0 fully saturated rings. The van der Waals surface area contributed by atoms with Crippen LogP contribution in [0.4, 0.5) is 19.1 Å². The van der Waals surface area contributed by atoms with Gasteiger partial charge in [-0.3, -0.25) is 14.7 Å². The Hall–Kier alpha value is -4.26. The Balaban J connectivity index is 1.54. The van der Waals surface area contributed by atoms with E-state index in [9.17, 15) is 22.8 Å². The lowest BCUT2D eigenvalue weighted by molar-refractivity contribution is -0.138. The van der Waals surface area contributed by atoms with Gasteiger partial charge in [0.15, 0.2) is 0 Å². The first-order valence-corrected chi connectivity index (χ1v) is 13.9. The topological polar surface area (TPSA) is 109 Å². The van der Waals surface area contributed by atoms with Gasteiger partial charge in [-0.2, -0.15) is 13.2 Å². The smallest absolute Gasteiger partial charge is 0.349 e. The zero-order valence-electron chi connectivity index (χ0n) is 23.0. The largest absolute Gasteiger partial charge is 0.417 e. The van der Waals surface area contributed by atoms with Crippen LogP contribution in [0.15, 0.2) is 64.4 Å². The highest BCUT2D eigenvalue weighted by atomic mass is 79.9. The van der Waals surface area contributed by atoms with Crippen LogP contribution < -0.4 is 10.9 Å². The summed E-state index contributed by atoms with van der Waals surface area (Å²) in [5.41, 5.74) is 2.41. The van der Waals surface area contributed by atoms with Gasteiger partial charge in [0.1, 0.15) is 0 Å². The minimum atomic E-state index is -4.63. The molecule has 4 aromatic rings. The summed E-state index contributed by atoms with van der Waals surface area (Å²) in [5.74, 6) is -0.325. The third kappa shape index (κ3) is 5.48. The summed E-state index contributed by atoms with van der Waals surface area (Å²) >= 11 is 2.92. The molecule has 2 aromatic carbocycles. The van der Waals surface area contributed by atoms with E-state index in [1.165, 1.54) is 21.6 Å². The summed E-state index contributed by atoms with van der Waals surface area (Å²) in [6.45, 7) is 9.21. The molecule has 2 atom stereocenters. The fourth-order valence-corrected chi connectivity index (χ4v) is 5.37. The first-order valence-electron chi connectivity index (χ1n) is 13.1. The number of amides is 1. The Kier molecular flexibility index (Phi) is 7.80. The maximum absolute atomic E-state index is 14.0. The molecule has 1 unspecified atom stereocenters. The standard InChI is InChI=1S/C29H27BrF3N7O2/c1-5-15(2)34-28-35-24-14-39(26(41)19-8-11-23(30)22(13-19)29(31,32)33)16(3)12-21(24)27(42)40(28)20-9-6-18(7-10-20)25-17(4)36-38-37-25/h5-11,13,15-16H,1,12,14H2,2-4H3,(H,34,35)(H,36,37,38)/t15?,16-/m1/s1. The first kappa shape index (κ1) is 29.2. The second-order valence-corrected chi connectivity index (χ2v) is 11.0. The second kappa shape index (κ2) is 11.2. The van der Waals surface area contributed by atoms with Crippen molar-refractivity contribution in [1.29, 1.82) is 0 Å². The van der Waals surface area contributed by atoms with E-state index in [1.54, 1.807) is 25.1 Å². The van der Waals surface area contributed by atoms with E-state index in [0.717, 1.165) is 23.0 Å². The molecule has 5 rings (SSSR count). The number of hydrogen-bond donors (Lipinski definition) is 2. The van der Waals surface area contributed by atoms with Crippen LogP contribution in [0.2, 0.25) is 0 Å². The Morgan fingerprint density at radius 3 is 2.57 bits per heavy atom. The van der Waals surface area contributed by atoms with E-state index >= 15 is 0 Å². The van der Waals surface area contributed by atoms with Gasteiger partial charge in [-0.15, -0.1) is 11.7 Å². The molecule has 218 valence electrons. The highest BCUT2D eigenvalue weighted by molar-refractivity contribution is 9.10. The number of hydrogen-bond acceptors (Lipinski definition) is 6. The summed E-state index contributed by atoms with van der Waals surface area (Å²) in [7, 11) is 0. The van der Waals surface area contributed by atoms with Gasteiger partial charge in [0.05, 0.1) is 34.9 Å². The van der Waals surface area contributed by atoms with Crippen molar-refractivity contribution in [3.05, 3.63) is 98.0 Å². The van der Waals surface area contributed by atoms with Crippen LogP contribution in [0.1, 0.15) is 46.7 Å². The molecule has 13 heteroatoms. The minimum Gasteiger partial charge on any atom is -0.349 e. The molecule has 0 spiro atoms. The predicted octanol–water partition coefficient (Wildman–Crippen LogP) is 5.68. The molecule has 3 heterocycles. The minimum absolute atomic E-state index is 0.0367. The second-order valence-electron chi connectivity index (χ2n) is 10.2. The van der Waals surface area contributed by atoms with Gasteiger partial charge in [0.25, 0.3) is 11.5 Å². The van der Waals surface area contributed by atoms with E-state index in [0.29, 0.717) is 16.9 Å². The van der Waals surface area contributed by atoms with E-state index in [2.05, 4.69) is 43.2 Å². The van der Waals surface area contributed by atoms with E-state index in [4.69, 9.17) is 4.98 Å². The highest BCUT2D eigenvalue weighted by Crippen LogP contribution is 2.36. The van der Waals surface area contributed by atoms with E-state index in [-0.39, 0.29) is 40.6 Å². The van der Waals surface area contributed by atoms with E-state index in [1.807, 2.05) is 26.0 Å². The van der Waals surface area contributed by atoms with Gasteiger partial charge in [-0.05, 0) is 57.5 Å². The third-order valence-electron chi connectivity index (χ3n) is 7.24. The van der Waals surface area contributed by atoms with Crippen molar-refractivity contribution in [2.75, 3.05) is 5.32 Å². The number of aromatic amines is 1. The quantitative estimate of drug-likeness (QED) is 0.262. The summed E-state index contributed by atoms with van der Waals surface area (Å²) in [6.07, 6.45) is -2.78. The predicted molar refractivity (Wildman–Crippen MR) is 155 cm³/mol. The average molecular weight is 642 g/mol. The average Bonchev–Trinajstić information content (AvgIpc) is 3.38. The summed E-state index contributed by atoms with van der Waals surface area (Å²) in [5, 5.41) is 13.9. The fraction of sp³-hybridized carbons (Fsp3) is 0.276. The lowest BCUT2D eigenvalue weighted by atomic mass is 9.98. The molecule has 9 nitrogen and oxygen atoms in total. The summed E-state index contributed by atoms with van der Waals surface area (Å²) < 4.78 is 41.8. The van der Waals surface area contributed by atoms with Gasteiger partial charge >= 0.3 is 6.18 Å². The molecular weight excluding hydrogens is 615 g/mol. The Morgan fingerprint density at radius 1 is 1.24 bits per heavy atom. The van der Waals surface area contributed by atoms with Crippen LogP contribution in [0.5, 0.6) is 0 Å². The first-order chi connectivity index (χ1) is 19.9. The van der Waals surface area contributed by atoms with Crippen LogP contribution in [0.3, 0.4) is 0 Å². The van der Waals surface area contributed by atoms with Crippen LogP contribution in [0.25, 0.3) is 16.9 Å². The number of aromatic nitrogens is 5. The molecule has 2 aromatic heterocycles. The van der Waals surface area contributed by atoms with Gasteiger partial charge in [0.2, 0.25) is 5.95 Å². The zero-order valence-corrected chi connectivity index (χ0v) is 24.5. The Labute approximate surface area is 247 Å². The van der Waals surface area contributed by atoms with Crippen molar-refractivity contribution in [2.24, 2.45) is 0 Å². The highest BCUT2D eigenvalue weighted by Gasteiger charge is 2.36. The molecule has 2 N–H and O–H groups in total. The van der Waals surface area contributed by atoms with Crippen molar-refractivity contribution >= 4 is 27.8 Å². The molecule has 0 saturated heterocycles. The molecule has 42 heavy (non-hydrogen) atoms. The van der Waals surface area contributed by atoms with Crippen LogP contribution in [-0.2, 0) is 19.1 Å². The number of H-pyrrole nitrogens is 1. The van der Waals surface area contributed by atoms with E-state index < -0.39 is 23.7 Å². The van der Waals surface area contributed by atoms with Gasteiger partial charge in [0, 0.05) is 33.2 Å². The lowest BCUT2D eigenvalue weighted by Gasteiger charge is -2.35. The maximum atomic E-state index is 14.0. The Morgan fingerprint density at radius 2 is 1.95 bits per heavy atom. The number of halogens is 4. The molecule has 1 aliphatic heterocycles. The zero-order chi connectivity index (χ0) is 30.3. The van der Waals surface area contributed by atoms with Crippen molar-refractivity contribution in [3.63, 3.8) is 0 Å². The number of fused-ring (bicyclic) bond motifs is 1. The molecular formula is C29H27BrF3N7O2. The van der Waals surface area contributed by atoms with Crippen molar-refractivity contribution in [2.45, 2.75) is 52.0 Å². The van der Waals surface area contributed by atoms with Gasteiger partial charge in [-0.25, -0.2) is 9.55 Å². The fourth-order valence-electron chi connectivity index (χ4n) is 4.90.